The maximum Gasteiger partial charge on any atom is 0.310 e. The summed E-state index contributed by atoms with van der Waals surface area (Å²) in [4.78, 5) is 14.3. The number of aliphatic hydroxyl groups excluding tert-OH is 1. The summed E-state index contributed by atoms with van der Waals surface area (Å²) in [5, 5.41) is 12.3. The van der Waals surface area contributed by atoms with Crippen LogP contribution >= 0.6 is 0 Å². The van der Waals surface area contributed by atoms with E-state index in [0.29, 0.717) is 12.6 Å². The summed E-state index contributed by atoms with van der Waals surface area (Å²) in [5.41, 5.74) is 0. The largest absolute Gasteiger partial charge is 0.469 e. The quantitative estimate of drug-likeness (QED) is 0.700. The highest BCUT2D eigenvalue weighted by molar-refractivity contribution is 5.72. The molecular weight excluding hydrogens is 244 g/mol. The van der Waals surface area contributed by atoms with E-state index in [1.165, 1.54) is 20.0 Å². The fourth-order valence-corrected chi connectivity index (χ4v) is 3.35. The number of aliphatic hydroxyl groups is 1. The number of likely N-dealkylation sites (tertiary alicyclic amines) is 1. The molecule has 19 heavy (non-hydrogen) atoms. The first-order chi connectivity index (χ1) is 9.15. The minimum Gasteiger partial charge on any atom is -0.469 e. The third-order valence-corrected chi connectivity index (χ3v) is 4.60. The Balaban J connectivity index is 1.96. The van der Waals surface area contributed by atoms with E-state index in [2.05, 4.69) is 17.1 Å². The van der Waals surface area contributed by atoms with Gasteiger partial charge in [-0.2, -0.15) is 0 Å². The summed E-state index contributed by atoms with van der Waals surface area (Å²) < 4.78 is 4.91. The van der Waals surface area contributed by atoms with Gasteiger partial charge in [-0.25, -0.2) is 0 Å². The van der Waals surface area contributed by atoms with E-state index in [-0.39, 0.29) is 24.5 Å². The molecule has 2 aliphatic rings. The molecule has 4 atom stereocenters. The van der Waals surface area contributed by atoms with Crippen LogP contribution in [0.25, 0.3) is 0 Å². The van der Waals surface area contributed by atoms with Crippen LogP contribution in [0.3, 0.4) is 0 Å². The van der Waals surface area contributed by atoms with Gasteiger partial charge in [0.25, 0.3) is 0 Å². The van der Waals surface area contributed by atoms with Gasteiger partial charge in [-0.1, -0.05) is 6.92 Å². The summed E-state index contributed by atoms with van der Waals surface area (Å²) in [6.07, 6.45) is 3.34. The Kier molecular flexibility index (Phi) is 5.19. The van der Waals surface area contributed by atoms with Crippen molar-refractivity contribution in [1.29, 1.82) is 0 Å². The molecule has 5 heteroatoms. The number of ether oxygens (including phenoxy) is 1. The first-order valence-corrected chi connectivity index (χ1v) is 7.31. The van der Waals surface area contributed by atoms with Crippen molar-refractivity contribution >= 4 is 5.97 Å². The van der Waals surface area contributed by atoms with Gasteiger partial charge in [-0.3, -0.25) is 9.69 Å². The second-order valence-corrected chi connectivity index (χ2v) is 5.91. The van der Waals surface area contributed by atoms with Crippen LogP contribution in [0.5, 0.6) is 0 Å². The van der Waals surface area contributed by atoms with Crippen molar-refractivity contribution in [2.75, 3.05) is 33.4 Å². The summed E-state index contributed by atoms with van der Waals surface area (Å²) in [6.45, 7) is 4.80. The predicted octanol–water partition coefficient (Wildman–Crippen LogP) is 0.230. The fraction of sp³-hybridized carbons (Fsp3) is 0.929. The first kappa shape index (κ1) is 14.8. The number of carbonyl (C=O) groups is 1. The van der Waals surface area contributed by atoms with Gasteiger partial charge in [-0.15, -0.1) is 0 Å². The Morgan fingerprint density at radius 2 is 2.21 bits per heavy atom. The van der Waals surface area contributed by atoms with Gasteiger partial charge in [0.1, 0.15) is 0 Å². The zero-order valence-electron chi connectivity index (χ0n) is 12.0. The lowest BCUT2D eigenvalue weighted by Gasteiger charge is -2.48. The standard InChI is InChI=1S/C14H26N2O3/c1-10-3-4-13(10)16-8-11(14(18)19-2)7-12(9-16)15-5-6-17/h10-13,15,17H,3-9H2,1-2H3. The van der Waals surface area contributed by atoms with Gasteiger partial charge in [0.2, 0.25) is 0 Å². The van der Waals surface area contributed by atoms with Crippen molar-refractivity contribution in [3.8, 4) is 0 Å². The van der Waals surface area contributed by atoms with Gasteiger partial charge in [0.15, 0.2) is 0 Å². The number of nitrogens with zero attached hydrogens (tertiary/aromatic N) is 1. The molecule has 2 N–H and O–H groups in total. The normalized spacial score (nSPS) is 35.7. The van der Waals surface area contributed by atoms with E-state index in [1.807, 2.05) is 0 Å². The third-order valence-electron chi connectivity index (χ3n) is 4.60. The van der Waals surface area contributed by atoms with E-state index in [0.717, 1.165) is 25.4 Å². The lowest BCUT2D eigenvalue weighted by Crippen LogP contribution is -2.58. The van der Waals surface area contributed by atoms with Crippen LogP contribution in [0.2, 0.25) is 0 Å². The van der Waals surface area contributed by atoms with E-state index in [9.17, 15) is 4.79 Å². The van der Waals surface area contributed by atoms with Gasteiger partial charge < -0.3 is 15.2 Å². The van der Waals surface area contributed by atoms with E-state index < -0.39 is 0 Å². The van der Waals surface area contributed by atoms with Crippen LogP contribution in [0.1, 0.15) is 26.2 Å². The van der Waals surface area contributed by atoms with Crippen LogP contribution in [0, 0.1) is 11.8 Å². The molecule has 1 saturated carbocycles. The minimum atomic E-state index is -0.104. The zero-order chi connectivity index (χ0) is 13.8. The number of esters is 1. The van der Waals surface area contributed by atoms with Crippen LogP contribution in [-0.2, 0) is 9.53 Å². The molecule has 0 aromatic carbocycles. The number of methoxy groups -OCH3 is 1. The number of hydrogen-bond donors (Lipinski definition) is 2. The fourth-order valence-electron chi connectivity index (χ4n) is 3.35. The van der Waals surface area contributed by atoms with E-state index >= 15 is 0 Å². The molecule has 110 valence electrons. The summed E-state index contributed by atoms with van der Waals surface area (Å²) in [5.74, 6) is 0.588. The maximum atomic E-state index is 11.8. The van der Waals surface area contributed by atoms with Gasteiger partial charge in [0, 0.05) is 31.7 Å². The minimum absolute atomic E-state index is 0.0391. The number of piperidine rings is 1. The van der Waals surface area contributed by atoms with Crippen LogP contribution in [0.4, 0.5) is 0 Å². The Bertz CT molecular complexity index is 311. The molecule has 1 aliphatic carbocycles. The lowest BCUT2D eigenvalue weighted by atomic mass is 9.78. The summed E-state index contributed by atoms with van der Waals surface area (Å²) in [7, 11) is 1.46. The monoisotopic (exact) mass is 270 g/mol. The molecule has 2 fully saturated rings. The molecule has 4 unspecified atom stereocenters. The smallest absolute Gasteiger partial charge is 0.310 e. The molecule has 0 aromatic rings. The topological polar surface area (TPSA) is 61.8 Å². The van der Waals surface area contributed by atoms with E-state index in [4.69, 9.17) is 9.84 Å². The summed E-state index contributed by atoms with van der Waals surface area (Å²) >= 11 is 0. The third kappa shape index (κ3) is 3.46. The lowest BCUT2D eigenvalue weighted by molar-refractivity contribution is -0.148. The molecule has 0 radical (unpaired) electrons. The Labute approximate surface area is 115 Å². The molecule has 5 nitrogen and oxygen atoms in total. The molecule has 2 rings (SSSR count). The molecule has 1 saturated heterocycles. The van der Waals surface area contributed by atoms with Crippen LogP contribution < -0.4 is 5.32 Å². The number of hydrogen-bond acceptors (Lipinski definition) is 5. The molecule has 0 bridgehead atoms. The van der Waals surface area contributed by atoms with Crippen molar-refractivity contribution in [2.24, 2.45) is 11.8 Å². The number of carbonyl (C=O) groups excluding carboxylic acids is 1. The number of rotatable bonds is 5. The van der Waals surface area contributed by atoms with Crippen molar-refractivity contribution in [3.63, 3.8) is 0 Å². The summed E-state index contributed by atoms with van der Waals surface area (Å²) in [6, 6.07) is 0.892. The number of nitrogens with one attached hydrogen (secondary N) is 1. The zero-order valence-corrected chi connectivity index (χ0v) is 12.0. The molecular formula is C14H26N2O3. The van der Waals surface area contributed by atoms with Crippen molar-refractivity contribution in [2.45, 2.75) is 38.3 Å². The average Bonchev–Trinajstić information content (AvgIpc) is 2.42. The second-order valence-electron chi connectivity index (χ2n) is 5.91. The van der Waals surface area contributed by atoms with Crippen molar-refractivity contribution in [1.82, 2.24) is 10.2 Å². The Hall–Kier alpha value is -0.650. The SMILES string of the molecule is COC(=O)C1CC(NCCO)CN(C2CCC2C)C1. The van der Waals surface area contributed by atoms with E-state index in [1.54, 1.807) is 0 Å². The molecule has 1 heterocycles. The van der Waals surface area contributed by atoms with Crippen molar-refractivity contribution in [3.05, 3.63) is 0 Å². The van der Waals surface area contributed by atoms with Gasteiger partial charge >= 0.3 is 5.97 Å². The van der Waals surface area contributed by atoms with Gasteiger partial charge in [-0.05, 0) is 25.2 Å². The van der Waals surface area contributed by atoms with Crippen LogP contribution in [0.15, 0.2) is 0 Å². The van der Waals surface area contributed by atoms with Crippen LogP contribution in [-0.4, -0.2) is 61.4 Å². The Morgan fingerprint density at radius 3 is 2.74 bits per heavy atom. The molecule has 1 aliphatic heterocycles. The van der Waals surface area contributed by atoms with Crippen molar-refractivity contribution < 1.29 is 14.6 Å². The molecule has 0 aromatic heterocycles. The average molecular weight is 270 g/mol. The van der Waals surface area contributed by atoms with Gasteiger partial charge in [0.05, 0.1) is 19.6 Å². The first-order valence-electron chi connectivity index (χ1n) is 7.31. The highest BCUT2D eigenvalue weighted by atomic mass is 16.5. The maximum absolute atomic E-state index is 11.8. The predicted molar refractivity (Wildman–Crippen MR) is 72.8 cm³/mol. The highest BCUT2D eigenvalue weighted by Gasteiger charge is 2.39. The molecule has 0 spiro atoms. The molecule has 0 amide bonds. The highest BCUT2D eigenvalue weighted by Crippen LogP contribution is 2.34. The Morgan fingerprint density at radius 1 is 1.42 bits per heavy atom. The second kappa shape index (κ2) is 6.68.